The van der Waals surface area contributed by atoms with Gasteiger partial charge in [-0.15, -0.1) is 0 Å². The van der Waals surface area contributed by atoms with Crippen LogP contribution in [0.5, 0.6) is 0 Å². The Labute approximate surface area is 103 Å². The zero-order valence-electron chi connectivity index (χ0n) is 9.66. The maximum atomic E-state index is 6.18. The van der Waals surface area contributed by atoms with Crippen molar-refractivity contribution in [3.63, 3.8) is 0 Å². The van der Waals surface area contributed by atoms with Crippen molar-refractivity contribution < 1.29 is 0 Å². The number of rotatable bonds is 4. The number of hydrogen-bond donors (Lipinski definition) is 1. The average Bonchev–Trinajstić information content (AvgIpc) is 2.80. The Kier molecular flexibility index (Phi) is 4.25. The third-order valence-corrected chi connectivity index (χ3v) is 3.91. The largest absolute Gasteiger partial charge is 0.324 e. The van der Waals surface area contributed by atoms with Crippen molar-refractivity contribution in [2.45, 2.75) is 44.6 Å². The minimum atomic E-state index is 0.179. The molecule has 2 rings (SSSR count). The number of benzene rings is 1. The maximum Gasteiger partial charge on any atom is 0.0406 e. The highest BCUT2D eigenvalue weighted by atomic mass is 35.5. The summed E-state index contributed by atoms with van der Waals surface area (Å²) in [7, 11) is 0. The van der Waals surface area contributed by atoms with Gasteiger partial charge in [-0.1, -0.05) is 49.4 Å². The second-order valence-electron chi connectivity index (χ2n) is 4.89. The van der Waals surface area contributed by atoms with Gasteiger partial charge in [0.05, 0.1) is 0 Å². The molecule has 1 aromatic carbocycles. The molecule has 1 atom stereocenters. The lowest BCUT2D eigenvalue weighted by atomic mass is 9.95. The standard InChI is InChI=1S/C14H20ClN/c15-13-8-6-12(7-9-13)14(16)10-5-11-3-1-2-4-11/h6-9,11,14H,1-5,10,16H2. The van der Waals surface area contributed by atoms with E-state index in [2.05, 4.69) is 0 Å². The normalized spacial score (nSPS) is 18.9. The molecule has 88 valence electrons. The molecule has 1 unspecified atom stereocenters. The van der Waals surface area contributed by atoms with Crippen LogP contribution in [0.3, 0.4) is 0 Å². The van der Waals surface area contributed by atoms with Crippen LogP contribution in [0.2, 0.25) is 5.02 Å². The summed E-state index contributed by atoms with van der Waals surface area (Å²) in [6.45, 7) is 0. The second-order valence-corrected chi connectivity index (χ2v) is 5.32. The summed E-state index contributed by atoms with van der Waals surface area (Å²) in [5.74, 6) is 0.929. The first kappa shape index (κ1) is 11.9. The van der Waals surface area contributed by atoms with E-state index in [4.69, 9.17) is 17.3 Å². The van der Waals surface area contributed by atoms with E-state index in [0.29, 0.717) is 0 Å². The monoisotopic (exact) mass is 237 g/mol. The molecule has 16 heavy (non-hydrogen) atoms. The van der Waals surface area contributed by atoms with E-state index >= 15 is 0 Å². The van der Waals surface area contributed by atoms with E-state index < -0.39 is 0 Å². The van der Waals surface area contributed by atoms with Gasteiger partial charge >= 0.3 is 0 Å². The van der Waals surface area contributed by atoms with Gasteiger partial charge in [-0.2, -0.15) is 0 Å². The molecular weight excluding hydrogens is 218 g/mol. The number of nitrogens with two attached hydrogens (primary N) is 1. The highest BCUT2D eigenvalue weighted by molar-refractivity contribution is 6.30. The van der Waals surface area contributed by atoms with E-state index in [1.807, 2.05) is 24.3 Å². The SMILES string of the molecule is NC(CCC1CCCC1)c1ccc(Cl)cc1. The molecule has 1 aliphatic carbocycles. The van der Waals surface area contributed by atoms with E-state index in [-0.39, 0.29) is 6.04 Å². The van der Waals surface area contributed by atoms with Crippen molar-refractivity contribution in [2.24, 2.45) is 11.7 Å². The Bertz CT molecular complexity index is 314. The Balaban J connectivity index is 1.82. The smallest absolute Gasteiger partial charge is 0.0406 e. The number of hydrogen-bond acceptors (Lipinski definition) is 1. The van der Waals surface area contributed by atoms with Crippen molar-refractivity contribution in [1.82, 2.24) is 0 Å². The predicted molar refractivity (Wildman–Crippen MR) is 69.6 cm³/mol. The zero-order valence-corrected chi connectivity index (χ0v) is 10.4. The first-order valence-corrected chi connectivity index (χ1v) is 6.64. The molecule has 1 nitrogen and oxygen atoms in total. The van der Waals surface area contributed by atoms with Crippen LogP contribution in [0.25, 0.3) is 0 Å². The molecule has 1 saturated carbocycles. The van der Waals surface area contributed by atoms with Gasteiger partial charge in [0, 0.05) is 11.1 Å². The Morgan fingerprint density at radius 1 is 1.19 bits per heavy atom. The maximum absolute atomic E-state index is 6.18. The van der Waals surface area contributed by atoms with E-state index in [0.717, 1.165) is 17.4 Å². The molecule has 1 fully saturated rings. The van der Waals surface area contributed by atoms with Crippen molar-refractivity contribution in [3.8, 4) is 0 Å². The van der Waals surface area contributed by atoms with E-state index in [1.54, 1.807) is 0 Å². The molecule has 0 aromatic heterocycles. The second kappa shape index (κ2) is 5.70. The number of halogens is 1. The summed E-state index contributed by atoms with van der Waals surface area (Å²) in [6.07, 6.45) is 8.04. The molecular formula is C14H20ClN. The first-order chi connectivity index (χ1) is 7.75. The van der Waals surface area contributed by atoms with Crippen molar-refractivity contribution in [2.75, 3.05) is 0 Å². The molecule has 1 aliphatic rings. The van der Waals surface area contributed by atoms with Gasteiger partial charge in [-0.3, -0.25) is 0 Å². The summed E-state index contributed by atoms with van der Waals surface area (Å²) >= 11 is 5.86. The fourth-order valence-electron chi connectivity index (χ4n) is 2.59. The van der Waals surface area contributed by atoms with Crippen LogP contribution < -0.4 is 5.73 Å². The molecule has 0 bridgehead atoms. The van der Waals surface area contributed by atoms with Gasteiger partial charge in [0.25, 0.3) is 0 Å². The van der Waals surface area contributed by atoms with Crippen molar-refractivity contribution in [3.05, 3.63) is 34.9 Å². The van der Waals surface area contributed by atoms with Crippen molar-refractivity contribution >= 4 is 11.6 Å². The molecule has 0 saturated heterocycles. The van der Waals surface area contributed by atoms with Gasteiger partial charge in [-0.25, -0.2) is 0 Å². The Hall–Kier alpha value is -0.530. The van der Waals surface area contributed by atoms with Gasteiger partial charge < -0.3 is 5.73 Å². The van der Waals surface area contributed by atoms with Crippen LogP contribution in [0.4, 0.5) is 0 Å². The zero-order chi connectivity index (χ0) is 11.4. The minimum Gasteiger partial charge on any atom is -0.324 e. The van der Waals surface area contributed by atoms with Crippen LogP contribution >= 0.6 is 11.6 Å². The van der Waals surface area contributed by atoms with Crippen LogP contribution in [-0.4, -0.2) is 0 Å². The van der Waals surface area contributed by atoms with E-state index in [1.165, 1.54) is 37.7 Å². The predicted octanol–water partition coefficient (Wildman–Crippen LogP) is 4.31. The van der Waals surface area contributed by atoms with Crippen LogP contribution in [0.15, 0.2) is 24.3 Å². The summed E-state index contributed by atoms with van der Waals surface area (Å²) in [4.78, 5) is 0. The quantitative estimate of drug-likeness (QED) is 0.830. The highest BCUT2D eigenvalue weighted by Crippen LogP contribution is 2.30. The molecule has 0 heterocycles. The van der Waals surface area contributed by atoms with Crippen LogP contribution in [-0.2, 0) is 0 Å². The summed E-state index contributed by atoms with van der Waals surface area (Å²) in [5.41, 5.74) is 7.39. The molecule has 2 heteroatoms. The third kappa shape index (κ3) is 3.23. The molecule has 2 N–H and O–H groups in total. The average molecular weight is 238 g/mol. The fraction of sp³-hybridized carbons (Fsp3) is 0.571. The highest BCUT2D eigenvalue weighted by Gasteiger charge is 2.16. The Morgan fingerprint density at radius 2 is 1.81 bits per heavy atom. The Morgan fingerprint density at radius 3 is 2.44 bits per heavy atom. The first-order valence-electron chi connectivity index (χ1n) is 6.27. The van der Waals surface area contributed by atoms with Crippen molar-refractivity contribution in [1.29, 1.82) is 0 Å². The van der Waals surface area contributed by atoms with Crippen LogP contribution in [0, 0.1) is 5.92 Å². The van der Waals surface area contributed by atoms with Gasteiger partial charge in [0.15, 0.2) is 0 Å². The third-order valence-electron chi connectivity index (χ3n) is 3.66. The summed E-state index contributed by atoms with van der Waals surface area (Å²) in [5, 5.41) is 0.784. The van der Waals surface area contributed by atoms with E-state index in [9.17, 15) is 0 Å². The lowest BCUT2D eigenvalue weighted by Crippen LogP contribution is -2.11. The lowest BCUT2D eigenvalue weighted by Gasteiger charge is -2.15. The van der Waals surface area contributed by atoms with Crippen LogP contribution in [0.1, 0.15) is 50.1 Å². The topological polar surface area (TPSA) is 26.0 Å². The summed E-state index contributed by atoms with van der Waals surface area (Å²) in [6, 6.07) is 8.11. The molecule has 0 aliphatic heterocycles. The van der Waals surface area contributed by atoms with Gasteiger partial charge in [0.2, 0.25) is 0 Å². The molecule has 0 amide bonds. The molecule has 0 spiro atoms. The fourth-order valence-corrected chi connectivity index (χ4v) is 2.72. The van der Waals surface area contributed by atoms with Gasteiger partial charge in [-0.05, 0) is 36.5 Å². The molecule has 0 radical (unpaired) electrons. The summed E-state index contributed by atoms with van der Waals surface area (Å²) < 4.78 is 0. The lowest BCUT2D eigenvalue weighted by molar-refractivity contribution is 0.454. The minimum absolute atomic E-state index is 0.179. The molecule has 1 aromatic rings. The van der Waals surface area contributed by atoms with Gasteiger partial charge in [0.1, 0.15) is 0 Å².